The highest BCUT2D eigenvalue weighted by atomic mass is 16.7. The number of hydrogen-bond donors (Lipinski definition) is 9. The molecular formula is C60H101NO13. The van der Waals surface area contributed by atoms with Crippen LogP contribution >= 0.6 is 0 Å². The van der Waals surface area contributed by atoms with Crippen LogP contribution in [0.2, 0.25) is 0 Å². The quantitative estimate of drug-likeness (QED) is 0.0205. The molecule has 0 aliphatic carbocycles. The Morgan fingerprint density at radius 2 is 0.946 bits per heavy atom. The monoisotopic (exact) mass is 1040 g/mol. The summed E-state index contributed by atoms with van der Waals surface area (Å²) >= 11 is 0. The fraction of sp³-hybridized carbons (Fsp3) is 0.717. The van der Waals surface area contributed by atoms with Gasteiger partial charge in [-0.1, -0.05) is 188 Å². The molecule has 2 aliphatic rings. The van der Waals surface area contributed by atoms with E-state index in [4.69, 9.17) is 18.9 Å². The van der Waals surface area contributed by atoms with Crippen LogP contribution in [0.5, 0.6) is 0 Å². The second-order valence-electron chi connectivity index (χ2n) is 19.7. The fourth-order valence-corrected chi connectivity index (χ4v) is 8.66. The summed E-state index contributed by atoms with van der Waals surface area (Å²) in [6, 6.07) is -0.942. The van der Waals surface area contributed by atoms with Crippen LogP contribution in [0, 0.1) is 0 Å². The lowest BCUT2D eigenvalue weighted by Crippen LogP contribution is -2.65. The lowest BCUT2D eigenvalue weighted by Gasteiger charge is -2.46. The van der Waals surface area contributed by atoms with E-state index >= 15 is 0 Å². The highest BCUT2D eigenvalue weighted by Gasteiger charge is 2.51. The molecule has 2 aliphatic heterocycles. The molecule has 2 rings (SSSR count). The lowest BCUT2D eigenvalue weighted by molar-refractivity contribution is -0.359. The highest BCUT2D eigenvalue weighted by Crippen LogP contribution is 2.30. The first-order valence-corrected chi connectivity index (χ1v) is 28.5. The number of unbranched alkanes of at least 4 members (excludes halogenated alkanes) is 16. The molecule has 9 N–H and O–H groups in total. The molecule has 12 atom stereocenters. The molecule has 2 heterocycles. The van der Waals surface area contributed by atoms with Crippen molar-refractivity contribution < 1.29 is 64.6 Å². The predicted octanol–water partition coefficient (Wildman–Crippen LogP) is 9.10. The zero-order valence-electron chi connectivity index (χ0n) is 45.3. The summed E-state index contributed by atoms with van der Waals surface area (Å²) in [5, 5.41) is 86.9. The molecule has 0 aromatic heterocycles. The van der Waals surface area contributed by atoms with Crippen molar-refractivity contribution in [1.29, 1.82) is 0 Å². The zero-order chi connectivity index (χ0) is 53.9. The Hall–Kier alpha value is -3.09. The maximum absolute atomic E-state index is 13.2. The molecule has 0 aromatic rings. The maximum atomic E-state index is 13.2. The number of rotatable bonds is 43. The molecule has 14 nitrogen and oxygen atoms in total. The van der Waals surface area contributed by atoms with Crippen molar-refractivity contribution in [3.63, 3.8) is 0 Å². The minimum absolute atomic E-state index is 0.257. The third kappa shape index (κ3) is 30.6. The average molecular weight is 1040 g/mol. The summed E-state index contributed by atoms with van der Waals surface area (Å²) in [5.41, 5.74) is 0. The van der Waals surface area contributed by atoms with Gasteiger partial charge in [0.1, 0.15) is 48.8 Å². The van der Waals surface area contributed by atoms with Crippen LogP contribution < -0.4 is 5.32 Å². The van der Waals surface area contributed by atoms with Crippen LogP contribution in [0.4, 0.5) is 0 Å². The molecule has 2 saturated heterocycles. The zero-order valence-corrected chi connectivity index (χ0v) is 45.3. The molecule has 0 saturated carbocycles. The van der Waals surface area contributed by atoms with Crippen LogP contribution in [0.15, 0.2) is 97.2 Å². The SMILES string of the molecule is CC/C=C\C/C=C\C/C=C\C/C=C\C/C=C\C/C=C\CCCCCCCCCCC(=O)NC(COC1OC(CO)C(OC2OC(CO)C(O)C(O)C2O)C(O)C1O)C(O)/C=C/CC/C=C/CCCCCCCCC. The standard InChI is InChI=1S/C60H101NO13/c1-3-5-7-9-11-13-15-17-18-19-20-21-22-23-24-25-26-27-28-29-30-32-34-36-38-40-42-44-52(65)61-48(49(64)43-41-39-37-35-33-31-16-14-12-10-8-6-4-2)47-71-59-57(70)55(68)58(51(46-63)73-59)74-60-56(69)54(67)53(66)50(45-62)72-60/h5,7,11,13,17-18,20-21,23-24,26-27,33,35,41,43,48-51,53-60,62-64,66-70H,3-4,6,8-10,12,14-16,19,22,25,28-32,34,36-40,42,44-47H2,1-2H3,(H,61,65)/b7-5-,13-11-,18-17-,21-20-,24-23-,27-26-,35-33+,43-41+. The Balaban J connectivity index is 1.76. The average Bonchev–Trinajstić information content (AvgIpc) is 3.40. The van der Waals surface area contributed by atoms with E-state index in [2.05, 4.69) is 104 Å². The minimum Gasteiger partial charge on any atom is -0.394 e. The lowest BCUT2D eigenvalue weighted by atomic mass is 9.97. The van der Waals surface area contributed by atoms with Gasteiger partial charge in [0.05, 0.1) is 32.0 Å². The Bertz CT molecular complexity index is 1610. The number of carbonyl (C=O) groups is 1. The molecule has 0 bridgehead atoms. The van der Waals surface area contributed by atoms with E-state index in [1.807, 2.05) is 6.08 Å². The summed E-state index contributed by atoms with van der Waals surface area (Å²) < 4.78 is 22.7. The van der Waals surface area contributed by atoms with Gasteiger partial charge in [-0.3, -0.25) is 4.79 Å². The van der Waals surface area contributed by atoms with Crippen molar-refractivity contribution in [3.8, 4) is 0 Å². The Labute approximate surface area is 445 Å². The maximum Gasteiger partial charge on any atom is 0.220 e. The normalized spacial score (nSPS) is 26.0. The summed E-state index contributed by atoms with van der Waals surface area (Å²) in [6.45, 7) is 2.62. The molecule has 0 spiro atoms. The molecule has 0 radical (unpaired) electrons. The first-order valence-electron chi connectivity index (χ1n) is 28.5. The van der Waals surface area contributed by atoms with Gasteiger partial charge in [-0.25, -0.2) is 0 Å². The number of aliphatic hydroxyl groups is 8. The van der Waals surface area contributed by atoms with Gasteiger partial charge in [-0.15, -0.1) is 0 Å². The van der Waals surface area contributed by atoms with Gasteiger partial charge >= 0.3 is 0 Å². The summed E-state index contributed by atoms with van der Waals surface area (Å²) in [4.78, 5) is 13.2. The van der Waals surface area contributed by atoms with Crippen molar-refractivity contribution in [2.45, 2.75) is 254 Å². The van der Waals surface area contributed by atoms with Gasteiger partial charge in [0.2, 0.25) is 5.91 Å². The number of allylic oxidation sites excluding steroid dienone is 15. The molecule has 12 unspecified atom stereocenters. The third-order valence-electron chi connectivity index (χ3n) is 13.3. The van der Waals surface area contributed by atoms with Gasteiger partial charge in [0.15, 0.2) is 12.6 Å². The number of ether oxygens (including phenoxy) is 4. The number of nitrogens with one attached hydrogen (secondary N) is 1. The molecule has 424 valence electrons. The van der Waals surface area contributed by atoms with E-state index in [0.29, 0.717) is 12.8 Å². The van der Waals surface area contributed by atoms with Gasteiger partial charge in [0, 0.05) is 6.42 Å². The number of amides is 1. The molecular weight excluding hydrogens is 943 g/mol. The Kier molecular flexibility index (Phi) is 40.7. The third-order valence-corrected chi connectivity index (χ3v) is 13.3. The van der Waals surface area contributed by atoms with Crippen LogP contribution in [0.1, 0.15) is 181 Å². The number of aliphatic hydroxyl groups excluding tert-OH is 8. The summed E-state index contributed by atoms with van der Waals surface area (Å²) in [6.07, 6.45) is 44.4. The van der Waals surface area contributed by atoms with E-state index in [9.17, 15) is 45.6 Å². The Morgan fingerprint density at radius 1 is 0.500 bits per heavy atom. The number of carbonyl (C=O) groups excluding carboxylic acids is 1. The van der Waals surface area contributed by atoms with Gasteiger partial charge in [-0.05, 0) is 83.5 Å². The van der Waals surface area contributed by atoms with Crippen molar-refractivity contribution in [2.24, 2.45) is 0 Å². The second kappa shape index (κ2) is 45.0. The van der Waals surface area contributed by atoms with E-state index < -0.39 is 86.8 Å². The van der Waals surface area contributed by atoms with Crippen molar-refractivity contribution in [2.75, 3.05) is 19.8 Å². The molecule has 14 heteroatoms. The van der Waals surface area contributed by atoms with E-state index in [1.54, 1.807) is 6.08 Å². The van der Waals surface area contributed by atoms with E-state index in [1.165, 1.54) is 64.2 Å². The van der Waals surface area contributed by atoms with E-state index in [-0.39, 0.29) is 18.9 Å². The predicted molar refractivity (Wildman–Crippen MR) is 295 cm³/mol. The van der Waals surface area contributed by atoms with Gasteiger partial charge in [0.25, 0.3) is 0 Å². The van der Waals surface area contributed by atoms with Crippen LogP contribution in [-0.2, 0) is 23.7 Å². The largest absolute Gasteiger partial charge is 0.394 e. The molecule has 2 fully saturated rings. The van der Waals surface area contributed by atoms with Crippen molar-refractivity contribution >= 4 is 5.91 Å². The van der Waals surface area contributed by atoms with Crippen LogP contribution in [0.3, 0.4) is 0 Å². The minimum atomic E-state index is -1.80. The summed E-state index contributed by atoms with van der Waals surface area (Å²) in [5.74, 6) is -0.264. The molecule has 0 aromatic carbocycles. The van der Waals surface area contributed by atoms with Gasteiger partial charge < -0.3 is 65.1 Å². The number of hydrogen-bond acceptors (Lipinski definition) is 13. The van der Waals surface area contributed by atoms with Crippen LogP contribution in [0.25, 0.3) is 0 Å². The highest BCUT2D eigenvalue weighted by molar-refractivity contribution is 5.76. The fourth-order valence-electron chi connectivity index (χ4n) is 8.66. The van der Waals surface area contributed by atoms with Crippen molar-refractivity contribution in [3.05, 3.63) is 97.2 Å². The Morgan fingerprint density at radius 3 is 1.49 bits per heavy atom. The summed E-state index contributed by atoms with van der Waals surface area (Å²) in [7, 11) is 0. The first-order chi connectivity index (χ1) is 36.1. The van der Waals surface area contributed by atoms with Gasteiger partial charge in [-0.2, -0.15) is 0 Å². The first kappa shape index (κ1) is 67.0. The van der Waals surface area contributed by atoms with Crippen molar-refractivity contribution in [1.82, 2.24) is 5.32 Å². The second-order valence-corrected chi connectivity index (χ2v) is 19.7. The molecule has 74 heavy (non-hydrogen) atoms. The van der Waals surface area contributed by atoms with E-state index in [0.717, 1.165) is 83.5 Å². The smallest absolute Gasteiger partial charge is 0.220 e. The van der Waals surface area contributed by atoms with Crippen LogP contribution in [-0.4, -0.2) is 140 Å². The topological polar surface area (TPSA) is 228 Å². The molecule has 1 amide bonds.